The van der Waals surface area contributed by atoms with Crippen molar-refractivity contribution in [2.24, 2.45) is 0 Å². The zero-order chi connectivity index (χ0) is 23.4. The number of nitrogens with zero attached hydrogens (tertiary/aromatic N) is 1. The summed E-state index contributed by atoms with van der Waals surface area (Å²) in [6.07, 6.45) is -0.307. The Bertz CT molecular complexity index is 999. The lowest BCUT2D eigenvalue weighted by atomic mass is 10.2. The number of ether oxygens (including phenoxy) is 2. The summed E-state index contributed by atoms with van der Waals surface area (Å²) in [5.41, 5.74) is 1.31. The molecule has 8 heteroatoms. The molecule has 1 fully saturated rings. The molecule has 3 rings (SSSR count). The Morgan fingerprint density at radius 3 is 2.34 bits per heavy atom. The fraction of sp³-hybridized carbons (Fsp3) is 0.458. The second kappa shape index (κ2) is 10.0. The normalized spacial score (nSPS) is 19.2. The van der Waals surface area contributed by atoms with Crippen molar-refractivity contribution in [2.75, 3.05) is 13.2 Å². The summed E-state index contributed by atoms with van der Waals surface area (Å²) in [4.78, 5) is 14.4. The molecule has 1 saturated heterocycles. The quantitative estimate of drug-likeness (QED) is 0.572. The van der Waals surface area contributed by atoms with E-state index in [9.17, 15) is 13.2 Å². The zero-order valence-corrected chi connectivity index (χ0v) is 19.8. The molecule has 0 aliphatic carbocycles. The number of carbonyl (C=O) groups excluding carboxylic acids is 1. The fourth-order valence-electron chi connectivity index (χ4n) is 3.43. The van der Waals surface area contributed by atoms with Crippen LogP contribution in [0.1, 0.15) is 38.3 Å². The molecule has 1 aliphatic rings. The Morgan fingerprint density at radius 1 is 1.06 bits per heavy atom. The van der Waals surface area contributed by atoms with Gasteiger partial charge in [0.15, 0.2) is 0 Å². The van der Waals surface area contributed by atoms with Crippen LogP contribution in [0, 0.1) is 6.92 Å². The average molecular weight is 462 g/mol. The minimum atomic E-state index is -3.94. The van der Waals surface area contributed by atoms with E-state index in [0.717, 1.165) is 11.1 Å². The van der Waals surface area contributed by atoms with E-state index in [-0.39, 0.29) is 17.6 Å². The van der Waals surface area contributed by atoms with Crippen molar-refractivity contribution in [1.29, 1.82) is 0 Å². The van der Waals surface area contributed by atoms with Gasteiger partial charge in [0.2, 0.25) is 0 Å². The molecule has 0 aromatic heterocycles. The van der Waals surface area contributed by atoms with Crippen LogP contribution in [0.15, 0.2) is 59.5 Å². The van der Waals surface area contributed by atoms with Gasteiger partial charge in [-0.05, 0) is 51.8 Å². The van der Waals surface area contributed by atoms with Crippen molar-refractivity contribution in [3.8, 4) is 0 Å². The average Bonchev–Trinajstić information content (AvgIpc) is 3.14. The van der Waals surface area contributed by atoms with Crippen molar-refractivity contribution < 1.29 is 26.9 Å². The van der Waals surface area contributed by atoms with Crippen LogP contribution in [0.3, 0.4) is 0 Å². The van der Waals surface area contributed by atoms with Gasteiger partial charge in [-0.1, -0.05) is 48.0 Å². The zero-order valence-electron chi connectivity index (χ0n) is 19.0. The number of hydrogen-bond acceptors (Lipinski definition) is 6. The summed E-state index contributed by atoms with van der Waals surface area (Å²) >= 11 is 0. The summed E-state index contributed by atoms with van der Waals surface area (Å²) in [5.74, 6) is 0. The predicted molar refractivity (Wildman–Crippen MR) is 121 cm³/mol. The third-order valence-electron chi connectivity index (χ3n) is 5.06. The lowest BCUT2D eigenvalue weighted by molar-refractivity contribution is 0.0128. The third-order valence-corrected chi connectivity index (χ3v) is 6.35. The van der Waals surface area contributed by atoms with Crippen molar-refractivity contribution in [2.45, 2.75) is 63.4 Å². The number of rotatable bonds is 7. The van der Waals surface area contributed by atoms with Crippen LogP contribution in [0.5, 0.6) is 0 Å². The summed E-state index contributed by atoms with van der Waals surface area (Å²) < 4.78 is 42.1. The number of benzene rings is 2. The molecule has 0 bridgehead atoms. The van der Waals surface area contributed by atoms with Gasteiger partial charge >= 0.3 is 6.09 Å². The topological polar surface area (TPSA) is 82.1 Å². The first-order chi connectivity index (χ1) is 15.0. The Kier molecular flexibility index (Phi) is 7.59. The molecule has 174 valence electrons. The van der Waals surface area contributed by atoms with Gasteiger partial charge in [0, 0.05) is 0 Å². The number of amides is 1. The largest absolute Gasteiger partial charge is 0.444 e. The van der Waals surface area contributed by atoms with Crippen LogP contribution >= 0.6 is 0 Å². The molecular weight excluding hydrogens is 430 g/mol. The Balaban J connectivity index is 1.68. The highest BCUT2D eigenvalue weighted by Gasteiger charge is 2.39. The molecule has 0 saturated carbocycles. The molecule has 1 amide bonds. The Hall–Kier alpha value is -2.42. The summed E-state index contributed by atoms with van der Waals surface area (Å²) in [6.45, 7) is 7.79. The molecule has 1 aliphatic heterocycles. The second-order valence-electron chi connectivity index (χ2n) is 8.99. The van der Waals surface area contributed by atoms with E-state index in [4.69, 9.17) is 13.7 Å². The maximum atomic E-state index is 12.8. The number of carbonyl (C=O) groups is 1. The lowest BCUT2D eigenvalue weighted by Crippen LogP contribution is -2.42. The van der Waals surface area contributed by atoms with Crippen LogP contribution in [0.25, 0.3) is 0 Å². The van der Waals surface area contributed by atoms with E-state index in [1.54, 1.807) is 32.9 Å². The van der Waals surface area contributed by atoms with Crippen LogP contribution in [-0.2, 0) is 30.4 Å². The molecular formula is C24H31NO6S. The van der Waals surface area contributed by atoms with Gasteiger partial charge < -0.3 is 14.4 Å². The molecule has 0 N–H and O–H groups in total. The highest BCUT2D eigenvalue weighted by atomic mass is 32.2. The monoisotopic (exact) mass is 461 g/mol. The van der Waals surface area contributed by atoms with Crippen molar-refractivity contribution in [1.82, 2.24) is 4.90 Å². The van der Waals surface area contributed by atoms with Crippen molar-refractivity contribution in [3.05, 3.63) is 65.7 Å². The van der Waals surface area contributed by atoms with Crippen molar-refractivity contribution in [3.63, 3.8) is 0 Å². The number of aryl methyl sites for hydroxylation is 1. The summed E-state index contributed by atoms with van der Waals surface area (Å²) in [7, 11) is -3.94. The maximum absolute atomic E-state index is 12.8. The van der Waals surface area contributed by atoms with Gasteiger partial charge in [-0.25, -0.2) is 4.79 Å². The summed E-state index contributed by atoms with van der Waals surface area (Å²) in [5, 5.41) is 0. The molecule has 0 spiro atoms. The molecule has 2 atom stereocenters. The smallest absolute Gasteiger partial charge is 0.410 e. The standard InChI is InChI=1S/C24H31NO6S/c1-18-10-12-22(13-11-18)32(27,28)30-17-20-14-21(29-16-19-8-6-5-7-9-19)15-25(20)23(26)31-24(2,3)4/h5-13,20-21H,14-17H2,1-4H3/t20-,21+/m0/s1. The second-order valence-corrected chi connectivity index (χ2v) is 10.6. The number of hydrogen-bond donors (Lipinski definition) is 0. The van der Waals surface area contributed by atoms with Crippen LogP contribution in [-0.4, -0.2) is 50.3 Å². The molecule has 1 heterocycles. The van der Waals surface area contributed by atoms with Crippen molar-refractivity contribution >= 4 is 16.2 Å². The number of likely N-dealkylation sites (tertiary alicyclic amines) is 1. The van der Waals surface area contributed by atoms with Crippen LogP contribution in [0.2, 0.25) is 0 Å². The third kappa shape index (κ3) is 6.79. The molecule has 0 radical (unpaired) electrons. The van der Waals surface area contributed by atoms with E-state index in [2.05, 4.69) is 0 Å². The first kappa shape index (κ1) is 24.2. The first-order valence-electron chi connectivity index (χ1n) is 10.6. The predicted octanol–water partition coefficient (Wildman–Crippen LogP) is 4.30. The van der Waals surface area contributed by atoms with E-state index in [1.807, 2.05) is 37.3 Å². The van der Waals surface area contributed by atoms with Gasteiger partial charge in [-0.2, -0.15) is 8.42 Å². The van der Waals surface area contributed by atoms with Gasteiger partial charge in [-0.3, -0.25) is 4.18 Å². The molecule has 0 unspecified atom stereocenters. The molecule has 7 nitrogen and oxygen atoms in total. The van der Waals surface area contributed by atoms with E-state index in [1.165, 1.54) is 17.0 Å². The first-order valence-corrected chi connectivity index (χ1v) is 12.1. The summed E-state index contributed by atoms with van der Waals surface area (Å²) in [6, 6.07) is 15.7. The SMILES string of the molecule is Cc1ccc(S(=O)(=O)OC[C@@H]2C[C@@H](OCc3ccccc3)CN2C(=O)OC(C)(C)C)cc1. The van der Waals surface area contributed by atoms with Gasteiger partial charge in [0.05, 0.1) is 36.8 Å². The van der Waals surface area contributed by atoms with E-state index < -0.39 is 27.9 Å². The van der Waals surface area contributed by atoms with E-state index >= 15 is 0 Å². The van der Waals surface area contributed by atoms with Crippen LogP contribution < -0.4 is 0 Å². The minimum Gasteiger partial charge on any atom is -0.444 e. The maximum Gasteiger partial charge on any atom is 0.410 e. The molecule has 2 aromatic rings. The van der Waals surface area contributed by atoms with E-state index in [0.29, 0.717) is 19.6 Å². The molecule has 32 heavy (non-hydrogen) atoms. The Morgan fingerprint density at radius 2 is 1.72 bits per heavy atom. The molecule has 2 aromatic carbocycles. The fourth-order valence-corrected chi connectivity index (χ4v) is 4.37. The van der Waals surface area contributed by atoms with Gasteiger partial charge in [0.25, 0.3) is 10.1 Å². The highest BCUT2D eigenvalue weighted by Crippen LogP contribution is 2.26. The highest BCUT2D eigenvalue weighted by molar-refractivity contribution is 7.86. The Labute approximate surface area is 190 Å². The van der Waals surface area contributed by atoms with Gasteiger partial charge in [-0.15, -0.1) is 0 Å². The van der Waals surface area contributed by atoms with Gasteiger partial charge in [0.1, 0.15) is 5.60 Å². The lowest BCUT2D eigenvalue weighted by Gasteiger charge is -2.28. The minimum absolute atomic E-state index is 0.0850. The van der Waals surface area contributed by atoms with Crippen LogP contribution in [0.4, 0.5) is 4.79 Å².